The number of morpholine rings is 1. The number of rotatable bonds is 4. The zero-order valence-electron chi connectivity index (χ0n) is 14.9. The van der Waals surface area contributed by atoms with Crippen molar-refractivity contribution in [1.82, 2.24) is 20.1 Å². The van der Waals surface area contributed by atoms with Crippen LogP contribution in [0.15, 0.2) is 36.4 Å². The second kappa shape index (κ2) is 7.42. The molecule has 1 aliphatic heterocycles. The Balaban J connectivity index is 1.64. The number of aromatic amines is 1. The Morgan fingerprint density at radius 1 is 1.22 bits per heavy atom. The molecule has 3 aromatic rings. The van der Waals surface area contributed by atoms with E-state index < -0.39 is 6.04 Å². The summed E-state index contributed by atoms with van der Waals surface area (Å²) in [6.07, 6.45) is 0. The van der Waals surface area contributed by atoms with Gasteiger partial charge >= 0.3 is 0 Å². The van der Waals surface area contributed by atoms with Crippen LogP contribution in [0.2, 0.25) is 0 Å². The number of benzene rings is 1. The maximum atomic E-state index is 13.4. The highest BCUT2D eigenvalue weighted by molar-refractivity contribution is 6.01. The number of anilines is 1. The van der Waals surface area contributed by atoms with Gasteiger partial charge in [0, 0.05) is 18.8 Å². The molecule has 0 aliphatic carbocycles. The summed E-state index contributed by atoms with van der Waals surface area (Å²) >= 11 is 0. The number of hydrogen-bond donors (Lipinski definition) is 2. The third-order valence-electron chi connectivity index (χ3n) is 4.65. The highest BCUT2D eigenvalue weighted by atomic mass is 19.1. The number of nitrogens with zero attached hydrogens (tertiary/aromatic N) is 3. The van der Waals surface area contributed by atoms with Crippen molar-refractivity contribution in [2.45, 2.75) is 13.0 Å². The van der Waals surface area contributed by atoms with Gasteiger partial charge in [-0.2, -0.15) is 5.10 Å². The SMILES string of the molecule is Cc1ccc2c(NC(=O)[C@H](c3ccc(F)cc3)N3CCOCC3)n[nH]c2n1. The van der Waals surface area contributed by atoms with Crippen LogP contribution in [-0.4, -0.2) is 52.3 Å². The van der Waals surface area contributed by atoms with Crippen LogP contribution in [0.1, 0.15) is 17.3 Å². The maximum absolute atomic E-state index is 13.4. The summed E-state index contributed by atoms with van der Waals surface area (Å²) in [5.41, 5.74) is 2.21. The fraction of sp³-hybridized carbons (Fsp3) is 0.316. The molecule has 1 aliphatic rings. The first-order valence-corrected chi connectivity index (χ1v) is 8.81. The lowest BCUT2D eigenvalue weighted by Gasteiger charge is -2.33. The monoisotopic (exact) mass is 369 g/mol. The van der Waals surface area contributed by atoms with E-state index >= 15 is 0 Å². The van der Waals surface area contributed by atoms with Crippen LogP contribution >= 0.6 is 0 Å². The summed E-state index contributed by atoms with van der Waals surface area (Å²) < 4.78 is 18.8. The van der Waals surface area contributed by atoms with Crippen LogP contribution in [0.4, 0.5) is 10.2 Å². The molecule has 1 amide bonds. The Kier molecular flexibility index (Phi) is 4.83. The molecule has 27 heavy (non-hydrogen) atoms. The summed E-state index contributed by atoms with van der Waals surface area (Å²) in [7, 11) is 0. The van der Waals surface area contributed by atoms with Gasteiger partial charge in [0.25, 0.3) is 0 Å². The first-order valence-electron chi connectivity index (χ1n) is 8.81. The van der Waals surface area contributed by atoms with E-state index in [0.29, 0.717) is 37.8 Å². The molecule has 3 heterocycles. The van der Waals surface area contributed by atoms with Gasteiger partial charge in [0.15, 0.2) is 11.5 Å². The average Bonchev–Trinajstić information content (AvgIpc) is 3.06. The summed E-state index contributed by atoms with van der Waals surface area (Å²) in [6, 6.07) is 9.20. The van der Waals surface area contributed by atoms with Crippen LogP contribution in [0.3, 0.4) is 0 Å². The minimum Gasteiger partial charge on any atom is -0.379 e. The van der Waals surface area contributed by atoms with E-state index in [4.69, 9.17) is 4.74 Å². The standard InChI is InChI=1S/C19H20FN5O2/c1-12-2-7-15-17(21-12)23-24-18(15)22-19(26)16(25-8-10-27-11-9-25)13-3-5-14(20)6-4-13/h2-7,16H,8-11H2,1H3,(H2,21,22,23,24,26)/t16-/m0/s1. The van der Waals surface area contributed by atoms with Gasteiger partial charge in [0.2, 0.25) is 5.91 Å². The van der Waals surface area contributed by atoms with Crippen LogP contribution in [-0.2, 0) is 9.53 Å². The molecule has 1 fully saturated rings. The number of hydrogen-bond acceptors (Lipinski definition) is 5. The van der Waals surface area contributed by atoms with Crippen molar-refractivity contribution in [3.63, 3.8) is 0 Å². The van der Waals surface area contributed by atoms with Crippen molar-refractivity contribution in [1.29, 1.82) is 0 Å². The number of nitrogens with one attached hydrogen (secondary N) is 2. The van der Waals surface area contributed by atoms with E-state index in [1.807, 2.05) is 24.0 Å². The number of carbonyl (C=O) groups is 1. The first-order chi connectivity index (χ1) is 13.1. The fourth-order valence-electron chi connectivity index (χ4n) is 3.29. The smallest absolute Gasteiger partial charge is 0.247 e. The van der Waals surface area contributed by atoms with Crippen molar-refractivity contribution >= 4 is 22.8 Å². The number of H-pyrrole nitrogens is 1. The number of aromatic nitrogens is 3. The number of aryl methyl sites for hydroxylation is 1. The molecule has 0 saturated carbocycles. The normalized spacial score (nSPS) is 16.4. The molecule has 4 rings (SSSR count). The third kappa shape index (κ3) is 3.67. The van der Waals surface area contributed by atoms with Crippen molar-refractivity contribution < 1.29 is 13.9 Å². The van der Waals surface area contributed by atoms with Crippen LogP contribution < -0.4 is 5.32 Å². The van der Waals surface area contributed by atoms with Gasteiger partial charge in [0.05, 0.1) is 18.6 Å². The zero-order chi connectivity index (χ0) is 18.8. The number of amides is 1. The fourth-order valence-corrected chi connectivity index (χ4v) is 3.29. The van der Waals surface area contributed by atoms with Gasteiger partial charge in [-0.1, -0.05) is 12.1 Å². The zero-order valence-corrected chi connectivity index (χ0v) is 14.9. The Bertz CT molecular complexity index is 950. The van der Waals surface area contributed by atoms with E-state index in [1.54, 1.807) is 12.1 Å². The maximum Gasteiger partial charge on any atom is 0.247 e. The van der Waals surface area contributed by atoms with E-state index in [1.165, 1.54) is 12.1 Å². The second-order valence-corrected chi connectivity index (χ2v) is 6.51. The Hall–Kier alpha value is -2.84. The van der Waals surface area contributed by atoms with E-state index in [2.05, 4.69) is 20.5 Å². The number of carbonyl (C=O) groups excluding carboxylic acids is 1. The predicted molar refractivity (Wildman–Crippen MR) is 98.8 cm³/mol. The van der Waals surface area contributed by atoms with Crippen molar-refractivity contribution in [3.05, 3.63) is 53.5 Å². The Labute approximate surface area is 155 Å². The average molecular weight is 369 g/mol. The lowest BCUT2D eigenvalue weighted by atomic mass is 10.0. The Morgan fingerprint density at radius 3 is 2.70 bits per heavy atom. The second-order valence-electron chi connectivity index (χ2n) is 6.51. The lowest BCUT2D eigenvalue weighted by molar-refractivity contribution is -0.123. The van der Waals surface area contributed by atoms with E-state index in [-0.39, 0.29) is 11.7 Å². The van der Waals surface area contributed by atoms with Crippen LogP contribution in [0.25, 0.3) is 11.0 Å². The number of pyridine rings is 1. The summed E-state index contributed by atoms with van der Waals surface area (Å²) in [6.45, 7) is 4.25. The van der Waals surface area contributed by atoms with Gasteiger partial charge < -0.3 is 10.1 Å². The topological polar surface area (TPSA) is 83.1 Å². The molecular formula is C19H20FN5O2. The molecule has 1 aromatic carbocycles. The molecule has 0 unspecified atom stereocenters. The molecule has 1 atom stereocenters. The van der Waals surface area contributed by atoms with E-state index in [9.17, 15) is 9.18 Å². The summed E-state index contributed by atoms with van der Waals surface area (Å²) in [5.74, 6) is -0.125. The largest absolute Gasteiger partial charge is 0.379 e. The number of halogens is 1. The molecule has 7 nitrogen and oxygen atoms in total. The molecule has 0 radical (unpaired) electrons. The highest BCUT2D eigenvalue weighted by Crippen LogP contribution is 2.26. The molecule has 0 spiro atoms. The summed E-state index contributed by atoms with van der Waals surface area (Å²) in [4.78, 5) is 19.5. The number of ether oxygens (including phenoxy) is 1. The minimum absolute atomic E-state index is 0.225. The van der Waals surface area contributed by atoms with Gasteiger partial charge in [-0.05, 0) is 36.8 Å². The third-order valence-corrected chi connectivity index (χ3v) is 4.65. The van der Waals surface area contributed by atoms with Crippen molar-refractivity contribution in [2.75, 3.05) is 31.6 Å². The van der Waals surface area contributed by atoms with Crippen LogP contribution in [0.5, 0.6) is 0 Å². The predicted octanol–water partition coefficient (Wildman–Crippen LogP) is 2.42. The van der Waals surface area contributed by atoms with Gasteiger partial charge in [-0.3, -0.25) is 14.8 Å². The first kappa shape index (κ1) is 17.6. The highest BCUT2D eigenvalue weighted by Gasteiger charge is 2.30. The molecule has 0 bridgehead atoms. The Morgan fingerprint density at radius 2 is 1.96 bits per heavy atom. The molecule has 2 aromatic heterocycles. The van der Waals surface area contributed by atoms with Crippen LogP contribution in [0, 0.1) is 12.7 Å². The van der Waals surface area contributed by atoms with Crippen molar-refractivity contribution in [2.24, 2.45) is 0 Å². The van der Waals surface area contributed by atoms with Gasteiger partial charge in [-0.15, -0.1) is 0 Å². The lowest BCUT2D eigenvalue weighted by Crippen LogP contribution is -2.44. The molecule has 1 saturated heterocycles. The minimum atomic E-state index is -0.556. The van der Waals surface area contributed by atoms with E-state index in [0.717, 1.165) is 16.6 Å². The van der Waals surface area contributed by atoms with Gasteiger partial charge in [0.1, 0.15) is 11.9 Å². The quantitative estimate of drug-likeness (QED) is 0.738. The number of fused-ring (bicyclic) bond motifs is 1. The summed E-state index contributed by atoms with van der Waals surface area (Å²) in [5, 5.41) is 10.7. The van der Waals surface area contributed by atoms with Crippen molar-refractivity contribution in [3.8, 4) is 0 Å². The molecule has 8 heteroatoms. The van der Waals surface area contributed by atoms with Gasteiger partial charge in [-0.25, -0.2) is 9.37 Å². The molecule has 140 valence electrons. The molecule has 2 N–H and O–H groups in total. The molecular weight excluding hydrogens is 349 g/mol.